The molecule has 0 radical (unpaired) electrons. The zero-order valence-corrected chi connectivity index (χ0v) is 16.9. The number of rotatable bonds is 10. The summed E-state index contributed by atoms with van der Waals surface area (Å²) in [6.07, 6.45) is 6.61. The van der Waals surface area contributed by atoms with Crippen molar-refractivity contribution < 1.29 is 19.1 Å². The second-order valence-electron chi connectivity index (χ2n) is 7.24. The molecule has 1 N–H and O–H groups in total. The van der Waals surface area contributed by atoms with Gasteiger partial charge in [0.05, 0.1) is 6.61 Å². The van der Waals surface area contributed by atoms with Crippen LogP contribution in [-0.4, -0.2) is 37.0 Å². The number of Topliss-reactive ketones (excluding diaryl/α,β-unsaturated/α-hetero) is 1. The third kappa shape index (κ3) is 6.39. The number of nitrogens with zero attached hydrogens (tertiary/aromatic N) is 1. The molecule has 0 bridgehead atoms. The number of ketones is 1. The Balaban J connectivity index is 1.41. The fourth-order valence-corrected chi connectivity index (χ4v) is 3.40. The van der Waals surface area contributed by atoms with E-state index >= 15 is 0 Å². The zero-order chi connectivity index (χ0) is 20.5. The maximum Gasteiger partial charge on any atom is 0.220 e. The second kappa shape index (κ2) is 10.7. The Morgan fingerprint density at radius 1 is 1.03 bits per heavy atom. The molecule has 1 heterocycles. The maximum absolute atomic E-state index is 12.4. The van der Waals surface area contributed by atoms with Gasteiger partial charge in [0.2, 0.25) is 11.8 Å². The summed E-state index contributed by atoms with van der Waals surface area (Å²) in [5, 5.41) is 2.84. The van der Waals surface area contributed by atoms with Gasteiger partial charge in [0, 0.05) is 44.3 Å². The number of carbonyl (C=O) groups is 2. The van der Waals surface area contributed by atoms with E-state index in [-0.39, 0.29) is 24.5 Å². The number of amides is 1. The average molecular weight is 396 g/mol. The summed E-state index contributed by atoms with van der Waals surface area (Å²) < 4.78 is 10.3. The van der Waals surface area contributed by atoms with Gasteiger partial charge in [-0.3, -0.25) is 9.59 Å². The standard InChI is InChI=1S/C23H28N2O4/c1-28-12-13-29-23-11-6-17(16-25-23)15-24-22(27)10-9-21(26)20-8-7-18-4-2-3-5-19(18)14-20/h6-8,11,14,16H,2-5,9-10,12-13,15H2,1H3,(H,24,27). The zero-order valence-electron chi connectivity index (χ0n) is 16.9. The molecule has 0 saturated heterocycles. The number of carbonyl (C=O) groups excluding carboxylic acids is 2. The number of nitrogens with one attached hydrogen (secondary N) is 1. The van der Waals surface area contributed by atoms with Crippen molar-refractivity contribution in [3.05, 3.63) is 58.8 Å². The molecule has 0 fully saturated rings. The lowest BCUT2D eigenvalue weighted by molar-refractivity contribution is -0.121. The monoisotopic (exact) mass is 396 g/mol. The van der Waals surface area contributed by atoms with Crippen molar-refractivity contribution in [3.8, 4) is 5.88 Å². The summed E-state index contributed by atoms with van der Waals surface area (Å²) in [7, 11) is 1.61. The first-order chi connectivity index (χ1) is 14.2. The van der Waals surface area contributed by atoms with E-state index in [1.54, 1.807) is 19.4 Å². The molecule has 3 rings (SSSR count). The van der Waals surface area contributed by atoms with E-state index in [9.17, 15) is 9.59 Å². The quantitative estimate of drug-likeness (QED) is 0.493. The lowest BCUT2D eigenvalue weighted by Crippen LogP contribution is -2.23. The first kappa shape index (κ1) is 21.0. The summed E-state index contributed by atoms with van der Waals surface area (Å²) >= 11 is 0. The Morgan fingerprint density at radius 2 is 1.86 bits per heavy atom. The SMILES string of the molecule is COCCOc1ccc(CNC(=O)CCC(=O)c2ccc3c(c2)CCCC3)cn1. The van der Waals surface area contributed by atoms with Gasteiger partial charge in [-0.1, -0.05) is 18.2 Å². The van der Waals surface area contributed by atoms with Gasteiger partial charge < -0.3 is 14.8 Å². The van der Waals surface area contributed by atoms with Crippen LogP contribution in [0, 0.1) is 0 Å². The van der Waals surface area contributed by atoms with Gasteiger partial charge >= 0.3 is 0 Å². The minimum atomic E-state index is -0.142. The van der Waals surface area contributed by atoms with Crippen LogP contribution in [0.4, 0.5) is 0 Å². The molecule has 1 amide bonds. The molecular formula is C23H28N2O4. The number of methoxy groups -OCH3 is 1. The lowest BCUT2D eigenvalue weighted by atomic mass is 9.89. The third-order valence-corrected chi connectivity index (χ3v) is 5.07. The number of pyridine rings is 1. The Hall–Kier alpha value is -2.73. The Labute approximate surface area is 171 Å². The highest BCUT2D eigenvalue weighted by Gasteiger charge is 2.14. The predicted molar refractivity (Wildman–Crippen MR) is 110 cm³/mol. The number of benzene rings is 1. The molecule has 6 heteroatoms. The van der Waals surface area contributed by atoms with Crippen molar-refractivity contribution in [2.75, 3.05) is 20.3 Å². The molecule has 154 valence electrons. The Kier molecular flexibility index (Phi) is 7.76. The molecule has 1 aliphatic carbocycles. The molecule has 0 saturated carbocycles. The molecule has 6 nitrogen and oxygen atoms in total. The third-order valence-electron chi connectivity index (χ3n) is 5.07. The molecular weight excluding hydrogens is 368 g/mol. The van der Waals surface area contributed by atoms with Crippen LogP contribution in [-0.2, 0) is 28.9 Å². The van der Waals surface area contributed by atoms with Crippen LogP contribution < -0.4 is 10.1 Å². The van der Waals surface area contributed by atoms with Gasteiger partial charge in [-0.15, -0.1) is 0 Å². The summed E-state index contributed by atoms with van der Waals surface area (Å²) in [6.45, 7) is 1.32. The summed E-state index contributed by atoms with van der Waals surface area (Å²) in [6, 6.07) is 9.59. The fraction of sp³-hybridized carbons (Fsp3) is 0.435. The first-order valence-corrected chi connectivity index (χ1v) is 10.1. The largest absolute Gasteiger partial charge is 0.475 e. The van der Waals surface area contributed by atoms with E-state index in [0.717, 1.165) is 18.4 Å². The van der Waals surface area contributed by atoms with Crippen LogP contribution in [0.25, 0.3) is 0 Å². The van der Waals surface area contributed by atoms with Gasteiger partial charge in [-0.05, 0) is 48.4 Å². The van der Waals surface area contributed by atoms with E-state index in [1.165, 1.54) is 24.0 Å². The summed E-state index contributed by atoms with van der Waals surface area (Å²) in [4.78, 5) is 28.7. The summed E-state index contributed by atoms with van der Waals surface area (Å²) in [5.74, 6) is 0.400. The Bertz CT molecular complexity index is 833. The van der Waals surface area contributed by atoms with Crippen LogP contribution >= 0.6 is 0 Å². The van der Waals surface area contributed by atoms with Gasteiger partial charge in [0.25, 0.3) is 0 Å². The molecule has 2 aromatic rings. The highest BCUT2D eigenvalue weighted by molar-refractivity contribution is 5.98. The topological polar surface area (TPSA) is 77.5 Å². The highest BCUT2D eigenvalue weighted by atomic mass is 16.5. The number of aryl methyl sites for hydroxylation is 2. The van der Waals surface area contributed by atoms with Crippen molar-refractivity contribution in [1.82, 2.24) is 10.3 Å². The van der Waals surface area contributed by atoms with Crippen LogP contribution in [0.5, 0.6) is 5.88 Å². The van der Waals surface area contributed by atoms with Gasteiger partial charge in [0.15, 0.2) is 5.78 Å². The van der Waals surface area contributed by atoms with Crippen LogP contribution in [0.2, 0.25) is 0 Å². The van der Waals surface area contributed by atoms with Gasteiger partial charge in [-0.2, -0.15) is 0 Å². The highest BCUT2D eigenvalue weighted by Crippen LogP contribution is 2.23. The minimum Gasteiger partial charge on any atom is -0.475 e. The van der Waals surface area contributed by atoms with E-state index in [2.05, 4.69) is 16.4 Å². The average Bonchev–Trinajstić information content (AvgIpc) is 2.76. The van der Waals surface area contributed by atoms with Crippen LogP contribution in [0.15, 0.2) is 36.5 Å². The normalized spacial score (nSPS) is 12.9. The Morgan fingerprint density at radius 3 is 2.62 bits per heavy atom. The fourth-order valence-electron chi connectivity index (χ4n) is 3.40. The van der Waals surface area contributed by atoms with Crippen LogP contribution in [0.3, 0.4) is 0 Å². The predicted octanol–water partition coefficient (Wildman–Crippen LogP) is 3.26. The van der Waals surface area contributed by atoms with E-state index in [4.69, 9.17) is 9.47 Å². The van der Waals surface area contributed by atoms with Gasteiger partial charge in [0.1, 0.15) is 6.61 Å². The van der Waals surface area contributed by atoms with E-state index in [1.807, 2.05) is 18.2 Å². The number of ether oxygens (including phenoxy) is 2. The molecule has 0 spiro atoms. The molecule has 0 aliphatic heterocycles. The molecule has 29 heavy (non-hydrogen) atoms. The number of aromatic nitrogens is 1. The first-order valence-electron chi connectivity index (χ1n) is 10.1. The molecule has 1 aromatic carbocycles. The van der Waals surface area contributed by atoms with Crippen molar-refractivity contribution in [3.63, 3.8) is 0 Å². The minimum absolute atomic E-state index is 0.0211. The van der Waals surface area contributed by atoms with Gasteiger partial charge in [-0.25, -0.2) is 4.98 Å². The molecule has 1 aromatic heterocycles. The second-order valence-corrected chi connectivity index (χ2v) is 7.24. The molecule has 1 aliphatic rings. The smallest absolute Gasteiger partial charge is 0.220 e. The van der Waals surface area contributed by atoms with E-state index < -0.39 is 0 Å². The summed E-state index contributed by atoms with van der Waals surface area (Å²) in [5.41, 5.74) is 4.23. The van der Waals surface area contributed by atoms with Crippen LogP contribution in [0.1, 0.15) is 52.7 Å². The maximum atomic E-state index is 12.4. The number of fused-ring (bicyclic) bond motifs is 1. The van der Waals surface area contributed by atoms with E-state index in [0.29, 0.717) is 31.2 Å². The number of hydrogen-bond acceptors (Lipinski definition) is 5. The lowest BCUT2D eigenvalue weighted by Gasteiger charge is -2.16. The molecule has 0 unspecified atom stereocenters. The van der Waals surface area contributed by atoms with Crippen molar-refractivity contribution >= 4 is 11.7 Å². The van der Waals surface area contributed by atoms with Crippen molar-refractivity contribution in [2.24, 2.45) is 0 Å². The van der Waals surface area contributed by atoms with Crippen molar-refractivity contribution in [1.29, 1.82) is 0 Å². The number of hydrogen-bond donors (Lipinski definition) is 1. The van der Waals surface area contributed by atoms with Crippen molar-refractivity contribution in [2.45, 2.75) is 45.1 Å². The molecule has 0 atom stereocenters.